The molecule has 0 bridgehead atoms. The SMILES string of the molecule is C[C@H](OC(=O)c1cc(Cl)ccc1Cl)C(=O)Nc1cc(Cl)cc(Cl)c1. The largest absolute Gasteiger partial charge is 0.449 e. The summed E-state index contributed by atoms with van der Waals surface area (Å²) in [6.07, 6.45) is -1.06. The van der Waals surface area contributed by atoms with E-state index in [1.54, 1.807) is 6.07 Å². The standard InChI is InChI=1S/C16H11Cl4NO3/c1-8(15(22)21-12-5-10(18)4-11(19)6-12)24-16(23)13-7-9(17)2-3-14(13)20/h2-8H,1H3,(H,21,22)/t8-/m0/s1. The van der Waals surface area contributed by atoms with Crippen LogP contribution in [-0.4, -0.2) is 18.0 Å². The highest BCUT2D eigenvalue weighted by molar-refractivity contribution is 6.36. The minimum atomic E-state index is -1.06. The smallest absolute Gasteiger partial charge is 0.340 e. The maximum absolute atomic E-state index is 12.1. The molecule has 0 heterocycles. The van der Waals surface area contributed by atoms with Gasteiger partial charge >= 0.3 is 5.97 Å². The van der Waals surface area contributed by atoms with Gasteiger partial charge in [0.25, 0.3) is 5.91 Å². The van der Waals surface area contributed by atoms with Crippen LogP contribution in [-0.2, 0) is 9.53 Å². The first-order chi connectivity index (χ1) is 11.3. The predicted molar refractivity (Wildman–Crippen MR) is 96.4 cm³/mol. The molecule has 1 atom stereocenters. The summed E-state index contributed by atoms with van der Waals surface area (Å²) >= 11 is 23.5. The Bertz CT molecular complexity index is 775. The molecule has 0 aliphatic rings. The van der Waals surface area contributed by atoms with E-state index >= 15 is 0 Å². The van der Waals surface area contributed by atoms with Gasteiger partial charge in [-0.05, 0) is 43.3 Å². The van der Waals surface area contributed by atoms with Crippen molar-refractivity contribution in [2.45, 2.75) is 13.0 Å². The molecule has 4 nitrogen and oxygen atoms in total. The number of carbonyl (C=O) groups excluding carboxylic acids is 2. The van der Waals surface area contributed by atoms with Crippen LogP contribution < -0.4 is 5.32 Å². The van der Waals surface area contributed by atoms with Crippen molar-refractivity contribution >= 4 is 64.0 Å². The van der Waals surface area contributed by atoms with E-state index in [4.69, 9.17) is 51.1 Å². The molecule has 2 aromatic carbocycles. The topological polar surface area (TPSA) is 55.4 Å². The zero-order chi connectivity index (χ0) is 17.9. The second-order valence-corrected chi connectivity index (χ2v) is 6.54. The molecule has 1 N–H and O–H groups in total. The second kappa shape index (κ2) is 8.08. The molecule has 1 amide bonds. The van der Waals surface area contributed by atoms with E-state index in [9.17, 15) is 9.59 Å². The van der Waals surface area contributed by atoms with Crippen LogP contribution in [0.2, 0.25) is 20.1 Å². The van der Waals surface area contributed by atoms with Gasteiger partial charge in [0, 0.05) is 20.8 Å². The Hall–Kier alpha value is -1.46. The predicted octanol–water partition coefficient (Wildman–Crippen LogP) is 5.48. The zero-order valence-corrected chi connectivity index (χ0v) is 15.3. The Kier molecular flexibility index (Phi) is 6.35. The van der Waals surface area contributed by atoms with E-state index in [1.807, 2.05) is 0 Å². The van der Waals surface area contributed by atoms with Gasteiger partial charge < -0.3 is 10.1 Å². The lowest BCUT2D eigenvalue weighted by Crippen LogP contribution is -2.30. The van der Waals surface area contributed by atoms with Crippen LogP contribution in [0.3, 0.4) is 0 Å². The second-order valence-electron chi connectivity index (χ2n) is 4.82. The van der Waals surface area contributed by atoms with Gasteiger partial charge in [0.15, 0.2) is 6.10 Å². The highest BCUT2D eigenvalue weighted by Crippen LogP contribution is 2.24. The summed E-state index contributed by atoms with van der Waals surface area (Å²) in [6.45, 7) is 1.43. The molecule has 0 fully saturated rings. The quantitative estimate of drug-likeness (QED) is 0.683. The molecule has 2 rings (SSSR count). The van der Waals surface area contributed by atoms with Gasteiger partial charge in [-0.15, -0.1) is 0 Å². The number of ether oxygens (including phenoxy) is 1. The summed E-state index contributed by atoms with van der Waals surface area (Å²) < 4.78 is 5.11. The van der Waals surface area contributed by atoms with Crippen molar-refractivity contribution in [3.63, 3.8) is 0 Å². The highest BCUT2D eigenvalue weighted by Gasteiger charge is 2.21. The first-order valence-electron chi connectivity index (χ1n) is 6.69. The number of esters is 1. The van der Waals surface area contributed by atoms with E-state index in [0.717, 1.165) is 0 Å². The number of benzene rings is 2. The molecule has 0 aliphatic heterocycles. The van der Waals surface area contributed by atoms with E-state index < -0.39 is 18.0 Å². The molecule has 0 spiro atoms. The number of rotatable bonds is 4. The lowest BCUT2D eigenvalue weighted by Gasteiger charge is -2.14. The van der Waals surface area contributed by atoms with Crippen molar-refractivity contribution in [1.29, 1.82) is 0 Å². The number of hydrogen-bond donors (Lipinski definition) is 1. The highest BCUT2D eigenvalue weighted by atomic mass is 35.5. The molecule has 0 radical (unpaired) electrons. The van der Waals surface area contributed by atoms with Crippen LogP contribution in [0.25, 0.3) is 0 Å². The molecular weight excluding hydrogens is 396 g/mol. The van der Waals surface area contributed by atoms with Gasteiger partial charge in [-0.1, -0.05) is 46.4 Å². The fourth-order valence-corrected chi connectivity index (χ4v) is 2.69. The Morgan fingerprint density at radius 1 is 0.958 bits per heavy atom. The normalized spacial score (nSPS) is 11.7. The van der Waals surface area contributed by atoms with Crippen molar-refractivity contribution in [2.75, 3.05) is 5.32 Å². The van der Waals surface area contributed by atoms with Crippen LogP contribution in [0.5, 0.6) is 0 Å². The molecule has 0 saturated heterocycles. The molecular formula is C16H11Cl4NO3. The summed E-state index contributed by atoms with van der Waals surface area (Å²) in [5, 5.41) is 3.81. The average Bonchev–Trinajstić information content (AvgIpc) is 2.48. The maximum atomic E-state index is 12.1. The molecule has 126 valence electrons. The molecule has 8 heteroatoms. The average molecular weight is 407 g/mol. The van der Waals surface area contributed by atoms with E-state index in [2.05, 4.69) is 5.32 Å². The van der Waals surface area contributed by atoms with Crippen LogP contribution in [0.1, 0.15) is 17.3 Å². The fourth-order valence-electron chi connectivity index (χ4n) is 1.80. The van der Waals surface area contributed by atoms with Crippen molar-refractivity contribution in [2.24, 2.45) is 0 Å². The molecule has 24 heavy (non-hydrogen) atoms. The fraction of sp³-hybridized carbons (Fsp3) is 0.125. The third kappa shape index (κ3) is 5.02. The number of amides is 1. The Balaban J connectivity index is 2.05. The molecule has 0 aromatic heterocycles. The monoisotopic (exact) mass is 405 g/mol. The lowest BCUT2D eigenvalue weighted by atomic mass is 10.2. The minimum Gasteiger partial charge on any atom is -0.449 e. The third-order valence-corrected chi connectivity index (χ3v) is 3.93. The molecule has 0 unspecified atom stereocenters. The number of anilines is 1. The summed E-state index contributed by atoms with van der Waals surface area (Å²) in [5.74, 6) is -1.30. The lowest BCUT2D eigenvalue weighted by molar-refractivity contribution is -0.123. The number of hydrogen-bond acceptors (Lipinski definition) is 3. The van der Waals surface area contributed by atoms with E-state index in [-0.39, 0.29) is 10.6 Å². The summed E-state index contributed by atoms with van der Waals surface area (Å²) in [5.41, 5.74) is 0.468. The van der Waals surface area contributed by atoms with Gasteiger partial charge in [0.2, 0.25) is 0 Å². The summed E-state index contributed by atoms with van der Waals surface area (Å²) in [7, 11) is 0. The first kappa shape index (κ1) is 18.9. The van der Waals surface area contributed by atoms with Crippen molar-refractivity contribution in [3.05, 3.63) is 62.1 Å². The van der Waals surface area contributed by atoms with Crippen LogP contribution in [0, 0.1) is 0 Å². The van der Waals surface area contributed by atoms with E-state index in [1.165, 1.54) is 37.3 Å². The Labute approximate surface area is 158 Å². The van der Waals surface area contributed by atoms with E-state index in [0.29, 0.717) is 20.8 Å². The molecule has 0 aliphatic carbocycles. The molecule has 0 saturated carbocycles. The van der Waals surface area contributed by atoms with Crippen molar-refractivity contribution in [1.82, 2.24) is 0 Å². The van der Waals surface area contributed by atoms with Crippen LogP contribution in [0.4, 0.5) is 5.69 Å². The van der Waals surface area contributed by atoms with Gasteiger partial charge in [-0.25, -0.2) is 4.79 Å². The van der Waals surface area contributed by atoms with Gasteiger partial charge in [0.05, 0.1) is 10.6 Å². The number of nitrogens with one attached hydrogen (secondary N) is 1. The first-order valence-corrected chi connectivity index (χ1v) is 8.20. The van der Waals surface area contributed by atoms with Gasteiger partial charge in [-0.2, -0.15) is 0 Å². The van der Waals surface area contributed by atoms with Crippen LogP contribution in [0.15, 0.2) is 36.4 Å². The Morgan fingerprint density at radius 2 is 1.58 bits per heavy atom. The number of carbonyl (C=O) groups is 2. The molecule has 2 aromatic rings. The van der Waals surface area contributed by atoms with Gasteiger partial charge in [-0.3, -0.25) is 4.79 Å². The van der Waals surface area contributed by atoms with Crippen molar-refractivity contribution in [3.8, 4) is 0 Å². The van der Waals surface area contributed by atoms with Gasteiger partial charge in [0.1, 0.15) is 0 Å². The number of halogens is 4. The third-order valence-electron chi connectivity index (χ3n) is 2.93. The maximum Gasteiger partial charge on any atom is 0.340 e. The summed E-state index contributed by atoms with van der Waals surface area (Å²) in [4.78, 5) is 24.2. The Morgan fingerprint density at radius 3 is 2.21 bits per heavy atom. The zero-order valence-electron chi connectivity index (χ0n) is 12.3. The van der Waals surface area contributed by atoms with Crippen molar-refractivity contribution < 1.29 is 14.3 Å². The minimum absolute atomic E-state index is 0.0783. The van der Waals surface area contributed by atoms with Crippen LogP contribution >= 0.6 is 46.4 Å². The summed E-state index contributed by atoms with van der Waals surface area (Å²) in [6, 6.07) is 8.96.